The summed E-state index contributed by atoms with van der Waals surface area (Å²) in [7, 11) is -3.58. The highest BCUT2D eigenvalue weighted by atomic mass is 32.2. The maximum atomic E-state index is 12.9. The first-order valence-corrected chi connectivity index (χ1v) is 10.1. The van der Waals surface area contributed by atoms with Crippen molar-refractivity contribution < 1.29 is 23.1 Å². The predicted molar refractivity (Wildman–Crippen MR) is 95.7 cm³/mol. The van der Waals surface area contributed by atoms with Gasteiger partial charge in [-0.1, -0.05) is 24.6 Å². The molecule has 1 fully saturated rings. The molecule has 26 heavy (non-hydrogen) atoms. The van der Waals surface area contributed by atoms with E-state index >= 15 is 0 Å². The van der Waals surface area contributed by atoms with E-state index in [1.807, 2.05) is 0 Å². The number of nitrogens with zero attached hydrogens (tertiary/aromatic N) is 1. The van der Waals surface area contributed by atoms with Gasteiger partial charge in [0, 0.05) is 25.7 Å². The van der Waals surface area contributed by atoms with Crippen LogP contribution < -0.4 is 10.6 Å². The summed E-state index contributed by atoms with van der Waals surface area (Å²) in [6, 6.07) is 8.09. The molecule has 1 aliphatic rings. The number of nitrogens with one attached hydrogen (secondary N) is 2. The van der Waals surface area contributed by atoms with Crippen LogP contribution in [0.1, 0.15) is 25.7 Å². The van der Waals surface area contributed by atoms with Crippen molar-refractivity contribution in [3.05, 3.63) is 30.3 Å². The fourth-order valence-corrected chi connectivity index (χ4v) is 4.73. The quantitative estimate of drug-likeness (QED) is 0.566. The van der Waals surface area contributed by atoms with Crippen molar-refractivity contribution in [2.24, 2.45) is 0 Å². The Morgan fingerprint density at radius 1 is 1.08 bits per heavy atom. The second kappa shape index (κ2) is 9.65. The van der Waals surface area contributed by atoms with Crippen molar-refractivity contribution >= 4 is 21.8 Å². The maximum absolute atomic E-state index is 12.9. The van der Waals surface area contributed by atoms with Gasteiger partial charge in [0.15, 0.2) is 0 Å². The van der Waals surface area contributed by atoms with Gasteiger partial charge in [-0.05, 0) is 31.4 Å². The first kappa shape index (κ1) is 20.3. The van der Waals surface area contributed by atoms with E-state index in [0.29, 0.717) is 13.0 Å². The van der Waals surface area contributed by atoms with Crippen molar-refractivity contribution in [1.82, 2.24) is 14.9 Å². The summed E-state index contributed by atoms with van der Waals surface area (Å²) in [5, 5.41) is 13.4. The van der Waals surface area contributed by atoms with E-state index in [1.54, 1.807) is 30.3 Å². The second-order valence-electron chi connectivity index (χ2n) is 6.10. The molecule has 3 N–H and O–H groups in total. The lowest BCUT2D eigenvalue weighted by Gasteiger charge is -2.34. The average Bonchev–Trinajstić information content (AvgIpc) is 2.67. The predicted octanol–water partition coefficient (Wildman–Crippen LogP) is -0.155. The number of hydrogen-bond donors (Lipinski definition) is 3. The van der Waals surface area contributed by atoms with Crippen LogP contribution in [0.15, 0.2) is 35.2 Å². The SMILES string of the molecule is O=C(NCCO)C(=O)NCC[C@@H]1CCCCN1S(=O)(=O)c1ccccc1. The Morgan fingerprint density at radius 2 is 1.73 bits per heavy atom. The molecule has 0 unspecified atom stereocenters. The topological polar surface area (TPSA) is 116 Å². The monoisotopic (exact) mass is 383 g/mol. The molecule has 0 aliphatic carbocycles. The largest absolute Gasteiger partial charge is 0.395 e. The number of benzene rings is 1. The molecular formula is C17H25N3O5S. The minimum atomic E-state index is -3.58. The number of piperidine rings is 1. The van der Waals surface area contributed by atoms with E-state index in [0.717, 1.165) is 19.3 Å². The summed E-state index contributed by atoms with van der Waals surface area (Å²) in [5.74, 6) is -1.59. The number of aliphatic hydroxyl groups excluding tert-OH is 1. The van der Waals surface area contributed by atoms with Crippen LogP contribution in [0.3, 0.4) is 0 Å². The average molecular weight is 383 g/mol. The lowest BCUT2D eigenvalue weighted by atomic mass is 10.0. The molecule has 2 amide bonds. The minimum absolute atomic E-state index is 0.0119. The molecule has 2 rings (SSSR count). The van der Waals surface area contributed by atoms with Crippen molar-refractivity contribution in [1.29, 1.82) is 0 Å². The fourth-order valence-electron chi connectivity index (χ4n) is 2.99. The molecule has 1 aliphatic heterocycles. The van der Waals surface area contributed by atoms with E-state index in [1.165, 1.54) is 4.31 Å². The summed E-state index contributed by atoms with van der Waals surface area (Å²) in [4.78, 5) is 23.4. The van der Waals surface area contributed by atoms with Gasteiger partial charge < -0.3 is 15.7 Å². The van der Waals surface area contributed by atoms with Crippen LogP contribution in [0.4, 0.5) is 0 Å². The van der Waals surface area contributed by atoms with Crippen LogP contribution in [-0.4, -0.2) is 61.9 Å². The molecule has 0 radical (unpaired) electrons. The number of aliphatic hydroxyl groups is 1. The molecule has 1 atom stereocenters. The Labute approximate surface area is 153 Å². The molecule has 1 saturated heterocycles. The lowest BCUT2D eigenvalue weighted by Crippen LogP contribution is -2.46. The van der Waals surface area contributed by atoms with E-state index in [4.69, 9.17) is 5.11 Å². The Morgan fingerprint density at radius 3 is 2.38 bits per heavy atom. The zero-order valence-electron chi connectivity index (χ0n) is 14.6. The van der Waals surface area contributed by atoms with Crippen LogP contribution in [0.5, 0.6) is 0 Å². The standard InChI is InChI=1S/C17H25N3O5S/c21-13-11-19-17(23)16(22)18-10-9-14-6-4-5-12-20(14)26(24,25)15-7-2-1-3-8-15/h1-3,7-8,14,21H,4-6,9-13H2,(H,18,22)(H,19,23)/t14-/m0/s1. The highest BCUT2D eigenvalue weighted by Gasteiger charge is 2.33. The molecule has 8 nitrogen and oxygen atoms in total. The molecule has 0 spiro atoms. The summed E-state index contributed by atoms with van der Waals surface area (Å²) in [6.07, 6.45) is 2.89. The minimum Gasteiger partial charge on any atom is -0.395 e. The fraction of sp³-hybridized carbons (Fsp3) is 0.529. The Balaban J connectivity index is 1.95. The molecule has 0 saturated carbocycles. The van der Waals surface area contributed by atoms with E-state index < -0.39 is 21.8 Å². The number of carbonyl (C=O) groups is 2. The molecule has 1 aromatic rings. The molecule has 1 heterocycles. The van der Waals surface area contributed by atoms with Gasteiger partial charge in [-0.25, -0.2) is 8.42 Å². The van der Waals surface area contributed by atoms with Gasteiger partial charge in [0.2, 0.25) is 10.0 Å². The van der Waals surface area contributed by atoms with Crippen molar-refractivity contribution in [3.8, 4) is 0 Å². The van der Waals surface area contributed by atoms with Gasteiger partial charge in [0.1, 0.15) is 0 Å². The van der Waals surface area contributed by atoms with E-state index in [9.17, 15) is 18.0 Å². The van der Waals surface area contributed by atoms with E-state index in [-0.39, 0.29) is 30.6 Å². The van der Waals surface area contributed by atoms with Crippen LogP contribution in [0.25, 0.3) is 0 Å². The molecular weight excluding hydrogens is 358 g/mol. The Bertz CT molecular complexity index is 708. The molecule has 144 valence electrons. The van der Waals surface area contributed by atoms with Gasteiger partial charge in [0.25, 0.3) is 0 Å². The number of rotatable bonds is 7. The maximum Gasteiger partial charge on any atom is 0.309 e. The van der Waals surface area contributed by atoms with Crippen molar-refractivity contribution in [2.45, 2.75) is 36.6 Å². The summed E-state index contributed by atoms with van der Waals surface area (Å²) >= 11 is 0. The van der Waals surface area contributed by atoms with E-state index in [2.05, 4.69) is 10.6 Å². The number of amides is 2. The van der Waals surface area contributed by atoms with Crippen LogP contribution >= 0.6 is 0 Å². The number of sulfonamides is 1. The number of hydrogen-bond acceptors (Lipinski definition) is 5. The highest BCUT2D eigenvalue weighted by Crippen LogP contribution is 2.26. The van der Waals surface area contributed by atoms with Gasteiger partial charge in [0.05, 0.1) is 11.5 Å². The van der Waals surface area contributed by atoms with Crippen LogP contribution in [0, 0.1) is 0 Å². The molecule has 1 aromatic carbocycles. The smallest absolute Gasteiger partial charge is 0.309 e. The highest BCUT2D eigenvalue weighted by molar-refractivity contribution is 7.89. The Kier molecular flexibility index (Phi) is 7.55. The molecule has 9 heteroatoms. The van der Waals surface area contributed by atoms with Crippen LogP contribution in [-0.2, 0) is 19.6 Å². The zero-order chi connectivity index (χ0) is 19.0. The normalized spacial score (nSPS) is 18.3. The number of carbonyl (C=O) groups excluding carboxylic acids is 2. The summed E-state index contributed by atoms with van der Waals surface area (Å²) in [5.41, 5.74) is 0. The van der Waals surface area contributed by atoms with Crippen molar-refractivity contribution in [3.63, 3.8) is 0 Å². The van der Waals surface area contributed by atoms with Gasteiger partial charge in [-0.15, -0.1) is 0 Å². The second-order valence-corrected chi connectivity index (χ2v) is 7.99. The van der Waals surface area contributed by atoms with Gasteiger partial charge >= 0.3 is 11.8 Å². The molecule has 0 bridgehead atoms. The van der Waals surface area contributed by atoms with Gasteiger partial charge in [-0.2, -0.15) is 4.31 Å². The third-order valence-corrected chi connectivity index (χ3v) is 6.26. The lowest BCUT2D eigenvalue weighted by molar-refractivity contribution is -0.139. The summed E-state index contributed by atoms with van der Waals surface area (Å²) < 4.78 is 27.2. The first-order valence-electron chi connectivity index (χ1n) is 8.70. The Hall–Kier alpha value is -1.97. The first-order chi connectivity index (χ1) is 12.5. The third-order valence-electron chi connectivity index (χ3n) is 4.29. The van der Waals surface area contributed by atoms with Crippen molar-refractivity contribution in [2.75, 3.05) is 26.2 Å². The molecule has 0 aromatic heterocycles. The third kappa shape index (κ3) is 5.26. The van der Waals surface area contributed by atoms with Gasteiger partial charge in [-0.3, -0.25) is 9.59 Å². The summed E-state index contributed by atoms with van der Waals surface area (Å²) in [6.45, 7) is 0.426. The van der Waals surface area contributed by atoms with Crippen LogP contribution in [0.2, 0.25) is 0 Å². The zero-order valence-corrected chi connectivity index (χ0v) is 15.4.